The van der Waals surface area contributed by atoms with E-state index in [1.54, 1.807) is 6.92 Å². The van der Waals surface area contributed by atoms with Crippen molar-refractivity contribution in [1.29, 1.82) is 0 Å². The first-order chi connectivity index (χ1) is 8.16. The van der Waals surface area contributed by atoms with Gasteiger partial charge in [0.05, 0.1) is 5.69 Å². The molecule has 0 saturated heterocycles. The van der Waals surface area contributed by atoms with Gasteiger partial charge in [-0.25, -0.2) is 4.79 Å². The molecule has 0 atom stereocenters. The van der Waals surface area contributed by atoms with Crippen molar-refractivity contribution in [3.63, 3.8) is 0 Å². The number of nitrogens with zero attached hydrogens (tertiary/aromatic N) is 1. The summed E-state index contributed by atoms with van der Waals surface area (Å²) in [5, 5.41) is 13.4. The molecule has 1 heterocycles. The van der Waals surface area contributed by atoms with E-state index in [9.17, 15) is 9.90 Å². The van der Waals surface area contributed by atoms with Gasteiger partial charge in [0.1, 0.15) is 10.6 Å². The minimum absolute atomic E-state index is 0.362. The van der Waals surface area contributed by atoms with Gasteiger partial charge in [0.15, 0.2) is 0 Å². The van der Waals surface area contributed by atoms with Crippen LogP contribution in [0, 0.1) is 18.8 Å². The van der Waals surface area contributed by atoms with Crippen molar-refractivity contribution in [2.45, 2.75) is 38.6 Å². The van der Waals surface area contributed by atoms with Gasteiger partial charge in [-0.05, 0) is 56.0 Å². The molecule has 1 aromatic rings. The van der Waals surface area contributed by atoms with Gasteiger partial charge < -0.3 is 10.4 Å². The predicted molar refractivity (Wildman–Crippen MR) is 66.7 cm³/mol. The van der Waals surface area contributed by atoms with Gasteiger partial charge >= 0.3 is 5.97 Å². The summed E-state index contributed by atoms with van der Waals surface area (Å²) < 4.78 is 4.15. The maximum absolute atomic E-state index is 11.2. The van der Waals surface area contributed by atoms with Crippen LogP contribution in [-0.2, 0) is 0 Å². The van der Waals surface area contributed by atoms with Crippen LogP contribution in [0.2, 0.25) is 0 Å². The molecule has 5 heteroatoms. The normalized spacial score (nSPS) is 19.6. The monoisotopic (exact) mass is 252 g/mol. The fourth-order valence-electron chi connectivity index (χ4n) is 2.40. The largest absolute Gasteiger partial charge is 0.478 e. The zero-order valence-corrected chi connectivity index (χ0v) is 10.6. The quantitative estimate of drug-likeness (QED) is 0.846. The lowest BCUT2D eigenvalue weighted by Crippen LogP contribution is -2.24. The van der Waals surface area contributed by atoms with Crippen LogP contribution in [0.15, 0.2) is 0 Å². The zero-order valence-electron chi connectivity index (χ0n) is 9.77. The summed E-state index contributed by atoms with van der Waals surface area (Å²) in [5.74, 6) is 0.641. The van der Waals surface area contributed by atoms with E-state index in [2.05, 4.69) is 9.69 Å². The van der Waals surface area contributed by atoms with Crippen molar-refractivity contribution in [3.8, 4) is 0 Å². The molecule has 2 saturated carbocycles. The van der Waals surface area contributed by atoms with Crippen LogP contribution in [0.5, 0.6) is 0 Å². The summed E-state index contributed by atoms with van der Waals surface area (Å²) in [6.07, 6.45) is 5.14. The van der Waals surface area contributed by atoms with E-state index in [1.165, 1.54) is 37.2 Å². The molecule has 17 heavy (non-hydrogen) atoms. The number of aryl methyl sites for hydroxylation is 1. The number of hydrogen-bond donors (Lipinski definition) is 2. The summed E-state index contributed by atoms with van der Waals surface area (Å²) in [6, 6.07) is 0.480. The molecule has 2 fully saturated rings. The van der Waals surface area contributed by atoms with E-state index in [0.29, 0.717) is 17.3 Å². The SMILES string of the molecule is Cc1nsc(NC(C2CC2)C2CC2)c1C(=O)O. The van der Waals surface area contributed by atoms with E-state index in [4.69, 9.17) is 0 Å². The molecule has 3 rings (SSSR count). The standard InChI is InChI=1S/C12H16N2O2S/c1-6-9(12(15)16)11(17-14-6)13-10(7-2-3-7)8-4-5-8/h7-8,10,13H,2-5H2,1H3,(H,15,16). The Hall–Kier alpha value is -1.10. The Balaban J connectivity index is 1.81. The Morgan fingerprint density at radius 3 is 2.47 bits per heavy atom. The topological polar surface area (TPSA) is 62.2 Å². The fourth-order valence-corrected chi connectivity index (χ4v) is 3.24. The number of hydrogen-bond acceptors (Lipinski definition) is 4. The van der Waals surface area contributed by atoms with E-state index in [0.717, 1.165) is 16.8 Å². The van der Waals surface area contributed by atoms with Crippen LogP contribution in [0.25, 0.3) is 0 Å². The maximum Gasteiger partial charge on any atom is 0.340 e. The highest BCUT2D eigenvalue weighted by Crippen LogP contribution is 2.46. The van der Waals surface area contributed by atoms with E-state index < -0.39 is 5.97 Å². The van der Waals surface area contributed by atoms with Gasteiger partial charge in [0, 0.05) is 6.04 Å². The Morgan fingerprint density at radius 1 is 1.41 bits per heavy atom. The number of aromatic carboxylic acids is 1. The van der Waals surface area contributed by atoms with Crippen LogP contribution >= 0.6 is 11.5 Å². The number of aromatic nitrogens is 1. The van der Waals surface area contributed by atoms with Gasteiger partial charge in [-0.1, -0.05) is 0 Å². The smallest absolute Gasteiger partial charge is 0.340 e. The molecule has 2 aliphatic rings. The van der Waals surface area contributed by atoms with Gasteiger partial charge in [-0.3, -0.25) is 0 Å². The highest BCUT2D eigenvalue weighted by Gasteiger charge is 2.42. The zero-order chi connectivity index (χ0) is 12.0. The van der Waals surface area contributed by atoms with Crippen molar-refractivity contribution in [2.24, 2.45) is 11.8 Å². The van der Waals surface area contributed by atoms with Gasteiger partial charge in [-0.15, -0.1) is 0 Å². The number of nitrogens with one attached hydrogen (secondary N) is 1. The molecule has 0 bridgehead atoms. The van der Waals surface area contributed by atoms with Crippen LogP contribution in [0.3, 0.4) is 0 Å². The molecule has 0 spiro atoms. The second kappa shape index (κ2) is 3.98. The third kappa shape index (κ3) is 2.16. The Kier molecular flexibility index (Phi) is 2.58. The van der Waals surface area contributed by atoms with Crippen molar-refractivity contribution in [3.05, 3.63) is 11.3 Å². The molecular weight excluding hydrogens is 236 g/mol. The molecular formula is C12H16N2O2S. The highest BCUT2D eigenvalue weighted by atomic mass is 32.1. The average Bonchev–Trinajstić information content (AvgIpc) is 3.14. The van der Waals surface area contributed by atoms with Crippen molar-refractivity contribution in [1.82, 2.24) is 4.37 Å². The summed E-state index contributed by atoms with van der Waals surface area (Å²) in [4.78, 5) is 11.2. The summed E-state index contributed by atoms with van der Waals surface area (Å²) in [5.41, 5.74) is 0.983. The Bertz CT molecular complexity index is 437. The third-order valence-corrected chi connectivity index (χ3v) is 4.50. The van der Waals surface area contributed by atoms with Crippen LogP contribution < -0.4 is 5.32 Å². The predicted octanol–water partition coefficient (Wildman–Crippen LogP) is 2.75. The maximum atomic E-state index is 11.2. The Labute approximate surface area is 104 Å². The minimum atomic E-state index is -0.871. The number of rotatable bonds is 5. The number of anilines is 1. The lowest BCUT2D eigenvalue weighted by atomic mass is 10.1. The molecule has 0 amide bonds. The molecule has 0 aliphatic heterocycles. The highest BCUT2D eigenvalue weighted by molar-refractivity contribution is 7.10. The lowest BCUT2D eigenvalue weighted by molar-refractivity contribution is 0.0697. The van der Waals surface area contributed by atoms with Crippen LogP contribution in [-0.4, -0.2) is 21.5 Å². The molecule has 1 aromatic heterocycles. The third-order valence-electron chi connectivity index (χ3n) is 3.63. The van der Waals surface area contributed by atoms with Gasteiger partial charge in [0.25, 0.3) is 0 Å². The van der Waals surface area contributed by atoms with Crippen molar-refractivity contribution >= 4 is 22.5 Å². The Morgan fingerprint density at radius 2 is 2.00 bits per heavy atom. The molecule has 0 unspecified atom stereocenters. The van der Waals surface area contributed by atoms with Gasteiger partial charge in [0.2, 0.25) is 0 Å². The molecule has 0 radical (unpaired) electrons. The molecule has 2 aliphatic carbocycles. The first kappa shape index (κ1) is 11.0. The van der Waals surface area contributed by atoms with Crippen LogP contribution in [0.4, 0.5) is 5.00 Å². The first-order valence-corrected chi connectivity index (χ1v) is 6.90. The minimum Gasteiger partial charge on any atom is -0.478 e. The van der Waals surface area contributed by atoms with E-state index in [-0.39, 0.29) is 0 Å². The summed E-state index contributed by atoms with van der Waals surface area (Å²) in [7, 11) is 0. The number of carbonyl (C=O) groups is 1. The molecule has 0 aromatic carbocycles. The van der Waals surface area contributed by atoms with Crippen LogP contribution in [0.1, 0.15) is 41.7 Å². The van der Waals surface area contributed by atoms with E-state index in [1.807, 2.05) is 0 Å². The summed E-state index contributed by atoms with van der Waals surface area (Å²) in [6.45, 7) is 1.76. The number of carboxylic acid groups (broad SMARTS) is 1. The molecule has 92 valence electrons. The average molecular weight is 252 g/mol. The lowest BCUT2D eigenvalue weighted by Gasteiger charge is -2.17. The second-order valence-corrected chi connectivity index (χ2v) is 5.90. The molecule has 2 N–H and O–H groups in total. The molecule has 4 nitrogen and oxygen atoms in total. The van der Waals surface area contributed by atoms with Crippen molar-refractivity contribution in [2.75, 3.05) is 5.32 Å². The first-order valence-electron chi connectivity index (χ1n) is 6.13. The fraction of sp³-hybridized carbons (Fsp3) is 0.667. The second-order valence-electron chi connectivity index (χ2n) is 5.12. The van der Waals surface area contributed by atoms with Gasteiger partial charge in [-0.2, -0.15) is 4.37 Å². The number of carboxylic acids is 1. The summed E-state index contributed by atoms with van der Waals surface area (Å²) >= 11 is 1.28. The van der Waals surface area contributed by atoms with Crippen molar-refractivity contribution < 1.29 is 9.90 Å². The van der Waals surface area contributed by atoms with E-state index >= 15 is 0 Å².